The number of rotatable bonds is 3. The molecule has 1 rings (SSSR count). The van der Waals surface area contributed by atoms with Gasteiger partial charge in [0, 0.05) is 0 Å². The Balaban J connectivity index is 2.45. The van der Waals surface area contributed by atoms with Crippen LogP contribution in [0, 0.1) is 0 Å². The zero-order valence-corrected chi connectivity index (χ0v) is 8.87. The summed E-state index contributed by atoms with van der Waals surface area (Å²) in [5, 5.41) is 3.37. The molecule has 0 fully saturated rings. The van der Waals surface area contributed by atoms with Gasteiger partial charge < -0.3 is 16.2 Å². The number of ether oxygens (including phenoxy) is 1. The van der Waals surface area contributed by atoms with Crippen molar-refractivity contribution in [3.05, 3.63) is 16.3 Å². The molecule has 0 aliphatic heterocycles. The van der Waals surface area contributed by atoms with Crippen molar-refractivity contribution in [2.24, 2.45) is 5.73 Å². The van der Waals surface area contributed by atoms with Crippen LogP contribution in [0.5, 0.6) is 0 Å². The molecule has 1 aromatic rings. The molecular weight excluding hydrogens is 234 g/mol. The maximum atomic E-state index is 11.3. The fourth-order valence-electron chi connectivity index (χ4n) is 0.855. The number of hydrogen-bond donors (Lipinski definition) is 3. The third-order valence-electron chi connectivity index (χ3n) is 1.48. The van der Waals surface area contributed by atoms with E-state index in [0.29, 0.717) is 0 Å². The van der Waals surface area contributed by atoms with Crippen molar-refractivity contribution in [1.82, 2.24) is 5.32 Å². The van der Waals surface area contributed by atoms with Gasteiger partial charge in [0.25, 0.3) is 5.91 Å². The van der Waals surface area contributed by atoms with Gasteiger partial charge in [-0.15, -0.1) is 11.3 Å². The van der Waals surface area contributed by atoms with Gasteiger partial charge in [0.05, 0.1) is 5.69 Å². The van der Waals surface area contributed by atoms with Crippen LogP contribution >= 0.6 is 11.3 Å². The van der Waals surface area contributed by atoms with E-state index in [9.17, 15) is 14.4 Å². The zero-order chi connectivity index (χ0) is 12.1. The van der Waals surface area contributed by atoms with Gasteiger partial charge in [-0.1, -0.05) is 0 Å². The summed E-state index contributed by atoms with van der Waals surface area (Å²) in [6.07, 6.45) is 0. The SMILES string of the molecule is NC(=O)NC(=O)COC(=O)c1sccc1N. The van der Waals surface area contributed by atoms with E-state index in [4.69, 9.17) is 5.73 Å². The van der Waals surface area contributed by atoms with Crippen molar-refractivity contribution in [3.63, 3.8) is 0 Å². The summed E-state index contributed by atoms with van der Waals surface area (Å²) in [5.74, 6) is -1.51. The Labute approximate surface area is 94.4 Å². The second-order valence-corrected chi connectivity index (χ2v) is 3.61. The number of nitrogens with one attached hydrogen (secondary N) is 1. The number of carbonyl (C=O) groups excluding carboxylic acids is 3. The van der Waals surface area contributed by atoms with E-state index in [1.165, 1.54) is 0 Å². The summed E-state index contributed by atoms with van der Waals surface area (Å²) in [4.78, 5) is 32.7. The third-order valence-corrected chi connectivity index (χ3v) is 2.39. The van der Waals surface area contributed by atoms with Crippen molar-refractivity contribution in [1.29, 1.82) is 0 Å². The minimum absolute atomic E-state index is 0.215. The van der Waals surface area contributed by atoms with E-state index < -0.39 is 24.5 Å². The second kappa shape index (κ2) is 5.12. The predicted molar refractivity (Wildman–Crippen MR) is 56.7 cm³/mol. The number of carbonyl (C=O) groups is 3. The molecule has 0 bridgehead atoms. The fraction of sp³-hybridized carbons (Fsp3) is 0.125. The van der Waals surface area contributed by atoms with E-state index in [0.717, 1.165) is 11.3 Å². The highest BCUT2D eigenvalue weighted by atomic mass is 32.1. The van der Waals surface area contributed by atoms with E-state index in [1.807, 2.05) is 0 Å². The van der Waals surface area contributed by atoms with Crippen LogP contribution < -0.4 is 16.8 Å². The molecule has 0 radical (unpaired) electrons. The molecule has 0 aromatic carbocycles. The van der Waals surface area contributed by atoms with Gasteiger partial charge in [0.1, 0.15) is 4.88 Å². The normalized spacial score (nSPS) is 9.50. The number of primary amides is 1. The molecule has 0 atom stereocenters. The van der Waals surface area contributed by atoms with Crippen LogP contribution in [0.4, 0.5) is 10.5 Å². The van der Waals surface area contributed by atoms with Gasteiger partial charge in [0.15, 0.2) is 6.61 Å². The first-order valence-corrected chi connectivity index (χ1v) is 4.98. The fourth-order valence-corrected chi connectivity index (χ4v) is 1.57. The van der Waals surface area contributed by atoms with Gasteiger partial charge in [-0.3, -0.25) is 10.1 Å². The van der Waals surface area contributed by atoms with Crippen molar-refractivity contribution in [2.45, 2.75) is 0 Å². The Morgan fingerprint density at radius 1 is 1.44 bits per heavy atom. The first kappa shape index (κ1) is 12.0. The lowest BCUT2D eigenvalue weighted by Gasteiger charge is -2.03. The van der Waals surface area contributed by atoms with Crippen LogP contribution in [0.15, 0.2) is 11.4 Å². The first-order valence-electron chi connectivity index (χ1n) is 4.10. The van der Waals surface area contributed by atoms with Gasteiger partial charge in [-0.05, 0) is 11.4 Å². The molecule has 1 aromatic heterocycles. The summed E-state index contributed by atoms with van der Waals surface area (Å²) in [6, 6.07) is 0.543. The minimum Gasteiger partial charge on any atom is -0.451 e. The largest absolute Gasteiger partial charge is 0.451 e. The zero-order valence-electron chi connectivity index (χ0n) is 8.06. The maximum Gasteiger partial charge on any atom is 0.350 e. The monoisotopic (exact) mass is 243 g/mol. The average molecular weight is 243 g/mol. The van der Waals surface area contributed by atoms with E-state index in [1.54, 1.807) is 16.8 Å². The van der Waals surface area contributed by atoms with Gasteiger partial charge in [-0.25, -0.2) is 9.59 Å². The van der Waals surface area contributed by atoms with Gasteiger partial charge >= 0.3 is 12.0 Å². The standard InChI is InChI=1S/C8H9N3O4S/c9-4-1-2-16-6(4)7(13)15-3-5(12)11-8(10)14/h1-2H,3,9H2,(H3,10,11,12,14). The molecule has 0 spiro atoms. The van der Waals surface area contributed by atoms with Crippen LogP contribution in [-0.2, 0) is 9.53 Å². The van der Waals surface area contributed by atoms with Crippen LogP contribution in [0.2, 0.25) is 0 Å². The smallest absolute Gasteiger partial charge is 0.350 e. The number of urea groups is 1. The molecule has 7 nitrogen and oxygen atoms in total. The molecule has 1 heterocycles. The van der Waals surface area contributed by atoms with Crippen molar-refractivity contribution in [3.8, 4) is 0 Å². The summed E-state index contributed by atoms with van der Waals surface area (Å²) < 4.78 is 4.60. The molecule has 5 N–H and O–H groups in total. The molecule has 0 aliphatic rings. The van der Waals surface area contributed by atoms with Crippen molar-refractivity contribution in [2.75, 3.05) is 12.3 Å². The average Bonchev–Trinajstić information content (AvgIpc) is 2.60. The molecule has 0 saturated heterocycles. The quantitative estimate of drug-likeness (QED) is 0.627. The first-order chi connectivity index (χ1) is 7.50. The van der Waals surface area contributed by atoms with Crippen LogP contribution in [0.3, 0.4) is 0 Å². The lowest BCUT2D eigenvalue weighted by Crippen LogP contribution is -2.37. The highest BCUT2D eigenvalue weighted by Gasteiger charge is 2.14. The van der Waals surface area contributed by atoms with E-state index >= 15 is 0 Å². The van der Waals surface area contributed by atoms with Crippen molar-refractivity contribution < 1.29 is 19.1 Å². The number of thiophene rings is 1. The third kappa shape index (κ3) is 3.24. The number of nitrogen functional groups attached to an aromatic ring is 1. The Bertz CT molecular complexity index is 429. The van der Waals surface area contributed by atoms with Gasteiger partial charge in [0.2, 0.25) is 0 Å². The number of amides is 3. The molecule has 86 valence electrons. The number of hydrogen-bond acceptors (Lipinski definition) is 6. The number of nitrogens with two attached hydrogens (primary N) is 2. The summed E-state index contributed by atoms with van der Waals surface area (Å²) in [7, 11) is 0. The summed E-state index contributed by atoms with van der Waals surface area (Å²) in [5.41, 5.74) is 10.4. The Morgan fingerprint density at radius 2 is 2.12 bits per heavy atom. The Hall–Kier alpha value is -2.09. The molecule has 0 unspecified atom stereocenters. The second-order valence-electron chi connectivity index (χ2n) is 2.69. The molecule has 16 heavy (non-hydrogen) atoms. The van der Waals surface area contributed by atoms with Crippen LogP contribution in [0.25, 0.3) is 0 Å². The van der Waals surface area contributed by atoms with Crippen molar-refractivity contribution >= 4 is 34.9 Å². The predicted octanol–water partition coefficient (Wildman–Crippen LogP) is -0.318. The van der Waals surface area contributed by atoms with Crippen LogP contribution in [0.1, 0.15) is 9.67 Å². The molecule has 8 heteroatoms. The summed E-state index contributed by atoms with van der Waals surface area (Å²) >= 11 is 1.10. The van der Waals surface area contributed by atoms with E-state index in [2.05, 4.69) is 10.5 Å². The Morgan fingerprint density at radius 3 is 2.62 bits per heavy atom. The summed E-state index contributed by atoms with van der Waals surface area (Å²) in [6.45, 7) is -0.584. The number of anilines is 1. The van der Waals surface area contributed by atoms with Gasteiger partial charge in [-0.2, -0.15) is 0 Å². The number of imide groups is 1. The highest BCUT2D eigenvalue weighted by molar-refractivity contribution is 7.12. The lowest BCUT2D eigenvalue weighted by atomic mass is 10.4. The van der Waals surface area contributed by atoms with Crippen LogP contribution in [-0.4, -0.2) is 24.5 Å². The maximum absolute atomic E-state index is 11.3. The molecule has 0 saturated carbocycles. The lowest BCUT2D eigenvalue weighted by molar-refractivity contribution is -0.123. The molecule has 0 aliphatic carbocycles. The highest BCUT2D eigenvalue weighted by Crippen LogP contribution is 2.19. The minimum atomic E-state index is -1.00. The molecule has 3 amide bonds. The number of esters is 1. The topological polar surface area (TPSA) is 125 Å². The van der Waals surface area contributed by atoms with E-state index in [-0.39, 0.29) is 10.6 Å². The Kier molecular flexibility index (Phi) is 3.84. The molecular formula is C8H9N3O4S.